The normalized spacial score (nSPS) is 18.9. The average molecular weight is 297 g/mol. The van der Waals surface area contributed by atoms with Crippen LogP contribution in [0.1, 0.15) is 26.2 Å². The summed E-state index contributed by atoms with van der Waals surface area (Å²) >= 11 is 1.42. The smallest absolute Gasteiger partial charge is 0.326 e. The molecule has 1 aliphatic heterocycles. The van der Waals surface area contributed by atoms with Crippen LogP contribution in [0.3, 0.4) is 0 Å². The summed E-state index contributed by atoms with van der Waals surface area (Å²) in [6.07, 6.45) is 4.45. The van der Waals surface area contributed by atoms with E-state index in [1.807, 2.05) is 18.1 Å². The number of aromatic nitrogens is 2. The summed E-state index contributed by atoms with van der Waals surface area (Å²) in [4.78, 5) is 21.9. The Morgan fingerprint density at radius 3 is 3.00 bits per heavy atom. The Morgan fingerprint density at radius 1 is 1.55 bits per heavy atom. The minimum absolute atomic E-state index is 0.497. The second kappa shape index (κ2) is 6.78. The van der Waals surface area contributed by atoms with Crippen molar-refractivity contribution < 1.29 is 14.6 Å². The summed E-state index contributed by atoms with van der Waals surface area (Å²) in [5, 5.41) is 9.95. The van der Waals surface area contributed by atoms with Crippen LogP contribution in [-0.2, 0) is 4.79 Å². The van der Waals surface area contributed by atoms with Gasteiger partial charge in [0.1, 0.15) is 11.9 Å². The lowest BCUT2D eigenvalue weighted by atomic mass is 10.0. The minimum Gasteiger partial charge on any atom is -0.480 e. The molecule has 1 fully saturated rings. The molecule has 1 atom stereocenters. The van der Waals surface area contributed by atoms with E-state index in [0.29, 0.717) is 36.4 Å². The summed E-state index contributed by atoms with van der Waals surface area (Å²) in [7, 11) is 0. The number of ether oxygens (including phenoxy) is 1. The zero-order valence-corrected chi connectivity index (χ0v) is 12.5. The molecule has 6 nitrogen and oxygen atoms in total. The van der Waals surface area contributed by atoms with E-state index in [4.69, 9.17) is 4.74 Å². The Balaban J connectivity index is 2.33. The molecule has 0 spiro atoms. The fourth-order valence-electron chi connectivity index (χ4n) is 2.32. The predicted molar refractivity (Wildman–Crippen MR) is 77.6 cm³/mol. The van der Waals surface area contributed by atoms with Crippen molar-refractivity contribution in [3.63, 3.8) is 0 Å². The van der Waals surface area contributed by atoms with Crippen molar-refractivity contribution in [1.29, 1.82) is 0 Å². The summed E-state index contributed by atoms with van der Waals surface area (Å²) in [6, 6.07) is 1.22. The van der Waals surface area contributed by atoms with Crippen LogP contribution in [0.5, 0.6) is 5.88 Å². The van der Waals surface area contributed by atoms with Gasteiger partial charge in [-0.3, -0.25) is 0 Å². The highest BCUT2D eigenvalue weighted by molar-refractivity contribution is 7.98. The molecule has 0 radical (unpaired) electrons. The van der Waals surface area contributed by atoms with Crippen LogP contribution in [0, 0.1) is 0 Å². The molecule has 0 amide bonds. The van der Waals surface area contributed by atoms with E-state index in [9.17, 15) is 9.90 Å². The summed E-state index contributed by atoms with van der Waals surface area (Å²) in [6.45, 7) is 3.11. The van der Waals surface area contributed by atoms with Crippen LogP contribution in [0.15, 0.2) is 11.2 Å². The summed E-state index contributed by atoms with van der Waals surface area (Å²) in [5.74, 6) is 0.337. The van der Waals surface area contributed by atoms with Crippen molar-refractivity contribution in [2.24, 2.45) is 0 Å². The Kier molecular flexibility index (Phi) is 5.05. The monoisotopic (exact) mass is 297 g/mol. The standard InChI is InChI=1S/C13H19N3O3S/c1-3-19-11-8-10(14-13(15-11)20-2)16-7-5-4-6-9(16)12(17)18/h8-9H,3-7H2,1-2H3,(H,17,18). The zero-order valence-electron chi connectivity index (χ0n) is 11.7. The molecular weight excluding hydrogens is 278 g/mol. The number of carboxylic acids is 1. The number of hydrogen-bond donors (Lipinski definition) is 1. The summed E-state index contributed by atoms with van der Waals surface area (Å²) in [5.41, 5.74) is 0. The van der Waals surface area contributed by atoms with E-state index >= 15 is 0 Å². The maximum absolute atomic E-state index is 11.4. The van der Waals surface area contributed by atoms with Crippen LogP contribution >= 0.6 is 11.8 Å². The maximum atomic E-state index is 11.4. The Hall–Kier alpha value is -1.50. The number of aliphatic carboxylic acids is 1. The Bertz CT molecular complexity index is 484. The van der Waals surface area contributed by atoms with Gasteiger partial charge < -0.3 is 14.7 Å². The molecule has 1 aromatic rings. The van der Waals surface area contributed by atoms with Crippen molar-refractivity contribution in [3.8, 4) is 5.88 Å². The number of thioether (sulfide) groups is 1. The highest BCUT2D eigenvalue weighted by Gasteiger charge is 2.30. The van der Waals surface area contributed by atoms with Crippen molar-refractivity contribution >= 4 is 23.5 Å². The molecule has 1 unspecified atom stereocenters. The van der Waals surface area contributed by atoms with Gasteiger partial charge in [-0.15, -0.1) is 0 Å². The lowest BCUT2D eigenvalue weighted by molar-refractivity contribution is -0.139. The SMILES string of the molecule is CCOc1cc(N2CCCCC2C(=O)O)nc(SC)n1. The second-order valence-electron chi connectivity index (χ2n) is 4.53. The van der Waals surface area contributed by atoms with Crippen molar-refractivity contribution in [2.45, 2.75) is 37.4 Å². The first-order chi connectivity index (χ1) is 9.65. The Labute approximate surface area is 122 Å². The molecule has 0 aromatic carbocycles. The van der Waals surface area contributed by atoms with E-state index in [1.54, 1.807) is 6.07 Å². The van der Waals surface area contributed by atoms with Gasteiger partial charge in [0.2, 0.25) is 5.88 Å². The fraction of sp³-hybridized carbons (Fsp3) is 0.615. The molecule has 1 N–H and O–H groups in total. The number of carboxylic acid groups (broad SMARTS) is 1. The Morgan fingerprint density at radius 2 is 2.35 bits per heavy atom. The molecular formula is C13H19N3O3S. The third-order valence-electron chi connectivity index (χ3n) is 3.23. The number of carbonyl (C=O) groups is 1. The highest BCUT2D eigenvalue weighted by Crippen LogP contribution is 2.27. The zero-order chi connectivity index (χ0) is 14.5. The van der Waals surface area contributed by atoms with Crippen LogP contribution < -0.4 is 9.64 Å². The molecule has 7 heteroatoms. The molecule has 0 saturated carbocycles. The summed E-state index contributed by atoms with van der Waals surface area (Å²) < 4.78 is 5.44. The van der Waals surface area contributed by atoms with Gasteiger partial charge in [-0.2, -0.15) is 4.98 Å². The lowest BCUT2D eigenvalue weighted by Crippen LogP contribution is -2.45. The third-order valence-corrected chi connectivity index (χ3v) is 3.77. The van der Waals surface area contributed by atoms with Gasteiger partial charge in [-0.1, -0.05) is 11.8 Å². The molecule has 0 aliphatic carbocycles. The second-order valence-corrected chi connectivity index (χ2v) is 5.30. The molecule has 1 aromatic heterocycles. The average Bonchev–Trinajstić information content (AvgIpc) is 2.47. The van der Waals surface area contributed by atoms with Gasteiger partial charge in [0.15, 0.2) is 5.16 Å². The predicted octanol–water partition coefficient (Wildman–Crippen LogP) is 2.04. The number of piperidine rings is 1. The van der Waals surface area contributed by atoms with Gasteiger partial charge >= 0.3 is 5.97 Å². The van der Waals surface area contributed by atoms with Crippen LogP contribution in [0.2, 0.25) is 0 Å². The molecule has 2 heterocycles. The van der Waals surface area contributed by atoms with Gasteiger partial charge in [0.25, 0.3) is 0 Å². The van der Waals surface area contributed by atoms with Crippen molar-refractivity contribution in [3.05, 3.63) is 6.07 Å². The topological polar surface area (TPSA) is 75.5 Å². The first-order valence-corrected chi connectivity index (χ1v) is 7.93. The fourth-order valence-corrected chi connectivity index (χ4v) is 2.68. The van der Waals surface area contributed by atoms with E-state index in [0.717, 1.165) is 12.8 Å². The minimum atomic E-state index is -0.799. The van der Waals surface area contributed by atoms with E-state index in [2.05, 4.69) is 9.97 Å². The lowest BCUT2D eigenvalue weighted by Gasteiger charge is -2.34. The number of nitrogens with zero attached hydrogens (tertiary/aromatic N) is 3. The number of hydrogen-bond acceptors (Lipinski definition) is 6. The molecule has 1 saturated heterocycles. The van der Waals surface area contributed by atoms with E-state index in [-0.39, 0.29) is 0 Å². The van der Waals surface area contributed by atoms with Gasteiger partial charge in [0.05, 0.1) is 6.61 Å². The molecule has 1 aliphatic rings. The van der Waals surface area contributed by atoms with Crippen molar-refractivity contribution in [2.75, 3.05) is 24.3 Å². The number of anilines is 1. The van der Waals surface area contributed by atoms with Gasteiger partial charge in [-0.25, -0.2) is 9.78 Å². The first-order valence-electron chi connectivity index (χ1n) is 6.71. The van der Waals surface area contributed by atoms with E-state index < -0.39 is 12.0 Å². The quantitative estimate of drug-likeness (QED) is 0.658. The van der Waals surface area contributed by atoms with Crippen LogP contribution in [0.4, 0.5) is 5.82 Å². The maximum Gasteiger partial charge on any atom is 0.326 e. The number of rotatable bonds is 5. The van der Waals surface area contributed by atoms with Gasteiger partial charge in [-0.05, 0) is 32.4 Å². The molecule has 2 rings (SSSR count). The first kappa shape index (κ1) is 14.9. The van der Waals surface area contributed by atoms with Gasteiger partial charge in [0, 0.05) is 12.6 Å². The van der Waals surface area contributed by atoms with Crippen molar-refractivity contribution in [1.82, 2.24) is 9.97 Å². The van der Waals surface area contributed by atoms with E-state index in [1.165, 1.54) is 11.8 Å². The van der Waals surface area contributed by atoms with Crippen LogP contribution in [-0.4, -0.2) is 46.5 Å². The largest absolute Gasteiger partial charge is 0.480 e. The third kappa shape index (κ3) is 3.33. The highest BCUT2D eigenvalue weighted by atomic mass is 32.2. The molecule has 110 valence electrons. The molecule has 0 bridgehead atoms. The van der Waals surface area contributed by atoms with Crippen LogP contribution in [0.25, 0.3) is 0 Å². The molecule has 20 heavy (non-hydrogen) atoms.